The maximum Gasteiger partial charge on any atom is 0.0230 e. The molecule has 0 saturated carbocycles. The van der Waals surface area contributed by atoms with Crippen LogP contribution in [0.25, 0.3) is 0 Å². The molecule has 2 rings (SSSR count). The molecule has 2 aliphatic rings. The van der Waals surface area contributed by atoms with E-state index in [-0.39, 0.29) is 0 Å². The molecule has 1 heterocycles. The van der Waals surface area contributed by atoms with E-state index in [9.17, 15) is 0 Å². The smallest absolute Gasteiger partial charge is 0.0230 e. The van der Waals surface area contributed by atoms with Crippen molar-refractivity contribution in [1.29, 1.82) is 0 Å². The predicted octanol–water partition coefficient (Wildman–Crippen LogP) is 2.60. The van der Waals surface area contributed by atoms with Gasteiger partial charge in [-0.05, 0) is 31.4 Å². The molecular formula is C12H19N. The van der Waals surface area contributed by atoms with Gasteiger partial charge in [0.15, 0.2) is 0 Å². The van der Waals surface area contributed by atoms with E-state index in [1.807, 2.05) is 0 Å². The van der Waals surface area contributed by atoms with Crippen LogP contribution in [0.15, 0.2) is 22.8 Å². The Labute approximate surface area is 81.1 Å². The van der Waals surface area contributed by atoms with E-state index in [0.29, 0.717) is 0 Å². The minimum absolute atomic E-state index is 0.732. The van der Waals surface area contributed by atoms with Gasteiger partial charge in [0.1, 0.15) is 0 Å². The van der Waals surface area contributed by atoms with E-state index in [1.165, 1.54) is 25.9 Å². The fraction of sp³-hybridized carbons (Fsp3) is 0.667. The molecule has 1 heteroatoms. The molecule has 1 aliphatic carbocycles. The first-order chi connectivity index (χ1) is 6.16. The molecule has 1 nitrogen and oxygen atoms in total. The van der Waals surface area contributed by atoms with Gasteiger partial charge in [-0.2, -0.15) is 0 Å². The number of rotatable bonds is 1. The molecule has 1 aliphatic heterocycles. The molecule has 0 fully saturated rings. The van der Waals surface area contributed by atoms with Crippen molar-refractivity contribution in [2.75, 3.05) is 20.1 Å². The van der Waals surface area contributed by atoms with Crippen molar-refractivity contribution in [3.05, 3.63) is 22.8 Å². The number of hydrogen-bond donors (Lipinski definition) is 0. The highest BCUT2D eigenvalue weighted by Crippen LogP contribution is 2.34. The van der Waals surface area contributed by atoms with Crippen LogP contribution >= 0.6 is 0 Å². The van der Waals surface area contributed by atoms with Crippen LogP contribution in [-0.4, -0.2) is 25.0 Å². The first-order valence-electron chi connectivity index (χ1n) is 5.26. The lowest BCUT2D eigenvalue weighted by atomic mass is 9.98. The molecule has 72 valence electrons. The summed E-state index contributed by atoms with van der Waals surface area (Å²) in [4.78, 5) is 2.42. The average Bonchev–Trinajstić information content (AvgIpc) is 2.46. The number of likely N-dealkylation sites (N-methyl/N-ethyl adjacent to an activating group) is 1. The minimum Gasteiger partial charge on any atom is -0.302 e. The van der Waals surface area contributed by atoms with Gasteiger partial charge >= 0.3 is 0 Å². The van der Waals surface area contributed by atoms with Gasteiger partial charge in [-0.3, -0.25) is 0 Å². The zero-order valence-corrected chi connectivity index (χ0v) is 8.93. The number of allylic oxidation sites excluding steroid dienone is 1. The molecule has 0 N–H and O–H groups in total. The second kappa shape index (κ2) is 3.30. The molecule has 0 aromatic carbocycles. The summed E-state index contributed by atoms with van der Waals surface area (Å²) in [5, 5.41) is 0. The normalized spacial score (nSPS) is 23.8. The Hall–Kier alpha value is -0.560. The second-order valence-electron chi connectivity index (χ2n) is 4.67. The summed E-state index contributed by atoms with van der Waals surface area (Å²) in [6.07, 6.45) is 5.00. The Morgan fingerprint density at radius 3 is 2.85 bits per heavy atom. The van der Waals surface area contributed by atoms with Crippen LogP contribution in [-0.2, 0) is 0 Å². The summed E-state index contributed by atoms with van der Waals surface area (Å²) in [5.74, 6) is 0.732. The molecule has 0 radical (unpaired) electrons. The highest BCUT2D eigenvalue weighted by molar-refractivity contribution is 5.42. The van der Waals surface area contributed by atoms with Crippen molar-refractivity contribution in [2.45, 2.75) is 26.7 Å². The first-order valence-corrected chi connectivity index (χ1v) is 5.26. The van der Waals surface area contributed by atoms with E-state index >= 15 is 0 Å². The van der Waals surface area contributed by atoms with Gasteiger partial charge in [0.05, 0.1) is 0 Å². The van der Waals surface area contributed by atoms with Crippen LogP contribution in [0.3, 0.4) is 0 Å². The van der Waals surface area contributed by atoms with E-state index in [2.05, 4.69) is 31.9 Å². The Kier molecular flexibility index (Phi) is 2.29. The van der Waals surface area contributed by atoms with Crippen LogP contribution in [0, 0.1) is 5.92 Å². The summed E-state index contributed by atoms with van der Waals surface area (Å²) in [7, 11) is 2.21. The Morgan fingerprint density at radius 1 is 1.38 bits per heavy atom. The van der Waals surface area contributed by atoms with Gasteiger partial charge in [-0.25, -0.2) is 0 Å². The number of hydrogen-bond acceptors (Lipinski definition) is 1. The number of nitrogens with zero attached hydrogens (tertiary/aromatic N) is 1. The van der Waals surface area contributed by atoms with Crippen molar-refractivity contribution in [3.63, 3.8) is 0 Å². The van der Waals surface area contributed by atoms with Gasteiger partial charge in [0.2, 0.25) is 0 Å². The maximum absolute atomic E-state index is 2.44. The molecule has 13 heavy (non-hydrogen) atoms. The third-order valence-electron chi connectivity index (χ3n) is 3.21. The fourth-order valence-electron chi connectivity index (χ4n) is 2.21. The third-order valence-corrected chi connectivity index (χ3v) is 3.21. The van der Waals surface area contributed by atoms with E-state index < -0.39 is 0 Å². The molecule has 0 unspecified atom stereocenters. The zero-order valence-electron chi connectivity index (χ0n) is 8.93. The Bertz CT molecular complexity index is 271. The first kappa shape index (κ1) is 9.01. The van der Waals surface area contributed by atoms with Crippen LogP contribution in [0.5, 0.6) is 0 Å². The Balaban J connectivity index is 2.13. The van der Waals surface area contributed by atoms with Crippen LogP contribution in [0.1, 0.15) is 26.7 Å². The monoisotopic (exact) mass is 177 g/mol. The van der Waals surface area contributed by atoms with Gasteiger partial charge in [0.25, 0.3) is 0 Å². The Morgan fingerprint density at radius 2 is 2.15 bits per heavy atom. The molecule has 0 aromatic rings. The van der Waals surface area contributed by atoms with Crippen molar-refractivity contribution >= 4 is 0 Å². The van der Waals surface area contributed by atoms with E-state index in [0.717, 1.165) is 5.92 Å². The van der Waals surface area contributed by atoms with Crippen LogP contribution in [0.2, 0.25) is 0 Å². The van der Waals surface area contributed by atoms with Gasteiger partial charge in [0, 0.05) is 13.1 Å². The standard InChI is InChI=1S/C12H19N/c1-9(2)11-6-10-4-5-13(3)8-12(10)7-11/h7,9H,4-6,8H2,1-3H3. The largest absolute Gasteiger partial charge is 0.302 e. The highest BCUT2D eigenvalue weighted by Gasteiger charge is 2.21. The molecular weight excluding hydrogens is 158 g/mol. The summed E-state index contributed by atoms with van der Waals surface area (Å²) in [6, 6.07) is 0. The average molecular weight is 177 g/mol. The summed E-state index contributed by atoms with van der Waals surface area (Å²) < 4.78 is 0. The fourth-order valence-corrected chi connectivity index (χ4v) is 2.21. The molecule has 0 aromatic heterocycles. The van der Waals surface area contributed by atoms with Gasteiger partial charge < -0.3 is 4.90 Å². The maximum atomic E-state index is 2.44. The second-order valence-corrected chi connectivity index (χ2v) is 4.67. The lowest BCUT2D eigenvalue weighted by Gasteiger charge is -2.23. The quantitative estimate of drug-likeness (QED) is 0.595. The van der Waals surface area contributed by atoms with E-state index in [1.54, 1.807) is 16.7 Å². The summed E-state index contributed by atoms with van der Waals surface area (Å²) in [6.45, 7) is 7.02. The lowest BCUT2D eigenvalue weighted by Crippen LogP contribution is -2.26. The van der Waals surface area contributed by atoms with Crippen molar-refractivity contribution in [1.82, 2.24) is 4.90 Å². The van der Waals surface area contributed by atoms with Crippen LogP contribution < -0.4 is 0 Å². The molecule has 0 amide bonds. The van der Waals surface area contributed by atoms with Gasteiger partial charge in [-0.15, -0.1) is 0 Å². The van der Waals surface area contributed by atoms with E-state index in [4.69, 9.17) is 0 Å². The highest BCUT2D eigenvalue weighted by atomic mass is 15.1. The molecule has 0 saturated heterocycles. The third kappa shape index (κ3) is 1.71. The predicted molar refractivity (Wildman–Crippen MR) is 56.7 cm³/mol. The topological polar surface area (TPSA) is 3.24 Å². The van der Waals surface area contributed by atoms with Crippen LogP contribution in [0.4, 0.5) is 0 Å². The SMILES string of the molecule is CC(C)C1=CC2=C(CCN(C)C2)C1. The van der Waals surface area contributed by atoms with Crippen molar-refractivity contribution in [2.24, 2.45) is 5.92 Å². The zero-order chi connectivity index (χ0) is 9.42. The molecule has 0 atom stereocenters. The summed E-state index contributed by atoms with van der Waals surface area (Å²) >= 11 is 0. The lowest BCUT2D eigenvalue weighted by molar-refractivity contribution is 0.351. The van der Waals surface area contributed by atoms with Gasteiger partial charge in [-0.1, -0.05) is 31.1 Å². The molecule has 0 bridgehead atoms. The molecule has 0 spiro atoms. The summed E-state index contributed by atoms with van der Waals surface area (Å²) in [5.41, 5.74) is 4.96. The minimum atomic E-state index is 0.732. The van der Waals surface area contributed by atoms with Crippen molar-refractivity contribution < 1.29 is 0 Å². The van der Waals surface area contributed by atoms with Crippen molar-refractivity contribution in [3.8, 4) is 0 Å².